The molecular weight excluding hydrogens is 386 g/mol. The van der Waals surface area contributed by atoms with E-state index in [2.05, 4.69) is 0 Å². The van der Waals surface area contributed by atoms with Crippen LogP contribution in [0.5, 0.6) is 5.75 Å². The largest absolute Gasteiger partial charge is 0.507 e. The first-order valence-electron chi connectivity index (χ1n) is 9.33. The zero-order valence-corrected chi connectivity index (χ0v) is 17.1. The number of phenols is 1. The quantitative estimate of drug-likeness (QED) is 0.581. The Morgan fingerprint density at radius 2 is 1.69 bits per heavy atom. The second-order valence-electron chi connectivity index (χ2n) is 7.39. The molecule has 0 saturated carbocycles. The number of hydrogen-bond donors (Lipinski definition) is 1. The monoisotopic (exact) mass is 405 g/mol. The molecule has 3 aromatic rings. The number of hydrogen-bond acceptors (Lipinski definition) is 3. The van der Waals surface area contributed by atoms with E-state index in [1.54, 1.807) is 38.1 Å². The Morgan fingerprint density at radius 1 is 1.03 bits per heavy atom. The summed E-state index contributed by atoms with van der Waals surface area (Å²) < 4.78 is 0. The normalized spacial score (nSPS) is 15.5. The predicted molar refractivity (Wildman–Crippen MR) is 114 cm³/mol. The van der Waals surface area contributed by atoms with E-state index in [1.807, 2.05) is 31.2 Å². The van der Waals surface area contributed by atoms with Gasteiger partial charge in [0, 0.05) is 16.3 Å². The van der Waals surface area contributed by atoms with E-state index < -0.39 is 6.04 Å². The lowest BCUT2D eigenvalue weighted by atomic mass is 9.92. The summed E-state index contributed by atoms with van der Waals surface area (Å²) in [5.74, 6) is -0.728. The molecule has 29 heavy (non-hydrogen) atoms. The molecule has 1 atom stereocenters. The minimum atomic E-state index is -0.871. The van der Waals surface area contributed by atoms with Crippen molar-refractivity contribution in [2.45, 2.75) is 26.8 Å². The maximum atomic E-state index is 13.7. The lowest BCUT2D eigenvalue weighted by Crippen LogP contribution is -2.33. The fraction of sp³-hybridized carbons (Fsp3) is 0.167. The van der Waals surface area contributed by atoms with Crippen LogP contribution in [0.25, 0.3) is 0 Å². The maximum Gasteiger partial charge on any atom is 0.259 e. The van der Waals surface area contributed by atoms with Crippen LogP contribution in [0.3, 0.4) is 0 Å². The number of carbonyl (C=O) groups is 2. The predicted octanol–water partition coefficient (Wildman–Crippen LogP) is 5.56. The van der Waals surface area contributed by atoms with Crippen LogP contribution in [-0.2, 0) is 0 Å². The Balaban J connectivity index is 1.91. The van der Waals surface area contributed by atoms with E-state index in [9.17, 15) is 14.7 Å². The molecule has 1 unspecified atom stereocenters. The molecule has 0 fully saturated rings. The van der Waals surface area contributed by atoms with Gasteiger partial charge in [-0.05, 0) is 61.7 Å². The Bertz CT molecular complexity index is 1150. The number of aryl methyl sites for hydroxylation is 2. The summed E-state index contributed by atoms with van der Waals surface area (Å²) in [4.78, 5) is 28.4. The third-order valence-corrected chi connectivity index (χ3v) is 6.01. The first kappa shape index (κ1) is 19.2. The molecule has 0 saturated heterocycles. The highest BCUT2D eigenvalue weighted by atomic mass is 35.5. The topological polar surface area (TPSA) is 57.6 Å². The second-order valence-corrected chi connectivity index (χ2v) is 7.77. The first-order valence-corrected chi connectivity index (χ1v) is 9.71. The standard InChI is InChI=1S/C24H20ClNO3/c1-13-8-10-16(11-9-13)26-22(17-6-4-5-7-18(17)24(26)29)23(28)20-15(3)21(25)14(2)12-19(20)27/h4-12,22,27H,1-3H3. The summed E-state index contributed by atoms with van der Waals surface area (Å²) in [7, 11) is 0. The smallest absolute Gasteiger partial charge is 0.259 e. The van der Waals surface area contributed by atoms with Crippen molar-refractivity contribution in [1.82, 2.24) is 0 Å². The van der Waals surface area contributed by atoms with Crippen molar-refractivity contribution in [3.8, 4) is 5.75 Å². The zero-order chi connectivity index (χ0) is 20.9. The van der Waals surface area contributed by atoms with E-state index in [1.165, 1.54) is 11.0 Å². The van der Waals surface area contributed by atoms with E-state index in [0.29, 0.717) is 33.0 Å². The molecule has 0 aliphatic carbocycles. The molecule has 4 rings (SSSR count). The van der Waals surface area contributed by atoms with Crippen molar-refractivity contribution in [3.05, 3.63) is 93.0 Å². The van der Waals surface area contributed by atoms with Gasteiger partial charge >= 0.3 is 0 Å². The number of aromatic hydroxyl groups is 1. The summed E-state index contributed by atoms with van der Waals surface area (Å²) in [6, 6.07) is 15.2. The number of ketones is 1. The molecule has 1 amide bonds. The molecular formula is C24H20ClNO3. The molecule has 1 aliphatic rings. The van der Waals surface area contributed by atoms with Gasteiger partial charge in [0.2, 0.25) is 0 Å². The van der Waals surface area contributed by atoms with Crippen LogP contribution in [0, 0.1) is 20.8 Å². The number of halogens is 1. The highest BCUT2D eigenvalue weighted by Gasteiger charge is 2.43. The number of phenolic OH excluding ortho intramolecular Hbond substituents is 1. The summed E-state index contributed by atoms with van der Waals surface area (Å²) in [5, 5.41) is 11.0. The van der Waals surface area contributed by atoms with Crippen LogP contribution in [-0.4, -0.2) is 16.8 Å². The van der Waals surface area contributed by atoms with Gasteiger partial charge in [-0.25, -0.2) is 0 Å². The van der Waals surface area contributed by atoms with Crippen LogP contribution in [0.1, 0.15) is 49.0 Å². The van der Waals surface area contributed by atoms with Crippen molar-refractivity contribution < 1.29 is 14.7 Å². The summed E-state index contributed by atoms with van der Waals surface area (Å²) in [6.07, 6.45) is 0. The van der Waals surface area contributed by atoms with Crippen LogP contribution in [0.4, 0.5) is 5.69 Å². The van der Waals surface area contributed by atoms with Gasteiger partial charge in [0.15, 0.2) is 5.78 Å². The molecule has 4 nitrogen and oxygen atoms in total. The molecule has 1 aliphatic heterocycles. The summed E-state index contributed by atoms with van der Waals surface area (Å²) in [6.45, 7) is 5.44. The van der Waals surface area contributed by atoms with Crippen molar-refractivity contribution in [3.63, 3.8) is 0 Å². The Morgan fingerprint density at radius 3 is 2.38 bits per heavy atom. The van der Waals surface area contributed by atoms with Gasteiger partial charge in [-0.2, -0.15) is 0 Å². The van der Waals surface area contributed by atoms with Gasteiger partial charge in [-0.15, -0.1) is 0 Å². The number of fused-ring (bicyclic) bond motifs is 1. The SMILES string of the molecule is Cc1ccc(N2C(=O)c3ccccc3C2C(=O)c2c(O)cc(C)c(Cl)c2C)cc1. The van der Waals surface area contributed by atoms with Gasteiger partial charge in [0.25, 0.3) is 5.91 Å². The second kappa shape index (κ2) is 7.05. The molecule has 0 radical (unpaired) electrons. The molecule has 0 aromatic heterocycles. The lowest BCUT2D eigenvalue weighted by Gasteiger charge is -2.26. The molecule has 0 spiro atoms. The summed E-state index contributed by atoms with van der Waals surface area (Å²) >= 11 is 6.36. The Kier molecular flexibility index (Phi) is 4.67. The molecule has 0 bridgehead atoms. The molecule has 1 heterocycles. The minimum absolute atomic E-state index is 0.130. The number of rotatable bonds is 3. The maximum absolute atomic E-state index is 13.7. The van der Waals surface area contributed by atoms with E-state index >= 15 is 0 Å². The highest BCUT2D eigenvalue weighted by molar-refractivity contribution is 6.33. The molecule has 1 N–H and O–H groups in total. The van der Waals surface area contributed by atoms with Gasteiger partial charge < -0.3 is 5.11 Å². The number of nitrogens with zero attached hydrogens (tertiary/aromatic N) is 1. The van der Waals surface area contributed by atoms with Crippen molar-refractivity contribution in [2.75, 3.05) is 4.90 Å². The van der Waals surface area contributed by atoms with Crippen LogP contribution in [0.2, 0.25) is 5.02 Å². The summed E-state index contributed by atoms with van der Waals surface area (Å²) in [5.41, 5.74) is 4.14. The fourth-order valence-electron chi connectivity index (χ4n) is 3.93. The number of anilines is 1. The van der Waals surface area contributed by atoms with Gasteiger partial charge in [-0.1, -0.05) is 47.5 Å². The molecule has 146 valence electrons. The van der Waals surface area contributed by atoms with Crippen molar-refractivity contribution in [1.29, 1.82) is 0 Å². The molecule has 5 heteroatoms. The zero-order valence-electron chi connectivity index (χ0n) is 16.4. The average Bonchev–Trinajstić information content (AvgIpc) is 3.00. The number of carbonyl (C=O) groups excluding carboxylic acids is 2. The van der Waals surface area contributed by atoms with E-state index in [4.69, 9.17) is 11.6 Å². The minimum Gasteiger partial charge on any atom is -0.507 e. The third kappa shape index (κ3) is 3.00. The number of amides is 1. The first-order chi connectivity index (χ1) is 13.8. The number of benzene rings is 3. The van der Waals surface area contributed by atoms with E-state index in [0.717, 1.165) is 5.56 Å². The van der Waals surface area contributed by atoms with Gasteiger partial charge in [0.1, 0.15) is 11.8 Å². The third-order valence-electron chi connectivity index (χ3n) is 5.43. The molecule has 3 aromatic carbocycles. The lowest BCUT2D eigenvalue weighted by molar-refractivity contribution is 0.0914. The van der Waals surface area contributed by atoms with Crippen LogP contribution < -0.4 is 4.90 Å². The van der Waals surface area contributed by atoms with Gasteiger partial charge in [0.05, 0.1) is 5.56 Å². The van der Waals surface area contributed by atoms with Crippen molar-refractivity contribution in [2.24, 2.45) is 0 Å². The fourth-order valence-corrected chi connectivity index (χ4v) is 4.08. The van der Waals surface area contributed by atoms with Crippen LogP contribution >= 0.6 is 11.6 Å². The Hall–Kier alpha value is -3.11. The van der Waals surface area contributed by atoms with Gasteiger partial charge in [-0.3, -0.25) is 14.5 Å². The van der Waals surface area contributed by atoms with Crippen molar-refractivity contribution >= 4 is 29.0 Å². The highest BCUT2D eigenvalue weighted by Crippen LogP contribution is 2.42. The Labute approximate surface area is 174 Å². The number of Topliss-reactive ketones (excluding diaryl/α,β-unsaturated/α-hetero) is 1. The average molecular weight is 406 g/mol. The van der Waals surface area contributed by atoms with Crippen LogP contribution in [0.15, 0.2) is 54.6 Å². The van der Waals surface area contributed by atoms with E-state index in [-0.39, 0.29) is 23.0 Å².